The molecule has 1 saturated carbocycles. The van der Waals surface area contributed by atoms with Crippen molar-refractivity contribution in [2.45, 2.75) is 44.6 Å². The van der Waals surface area contributed by atoms with E-state index < -0.39 is 0 Å². The maximum absolute atomic E-state index is 5.46. The van der Waals surface area contributed by atoms with Gasteiger partial charge >= 0.3 is 0 Å². The molecule has 1 aromatic carbocycles. The topological polar surface area (TPSA) is 44.5 Å². The second kappa shape index (κ2) is 6.03. The Balaban J connectivity index is 2.24. The van der Waals surface area contributed by atoms with Gasteiger partial charge in [0.25, 0.3) is 0 Å². The molecule has 94 valence electrons. The molecule has 1 fully saturated rings. The zero-order valence-corrected chi connectivity index (χ0v) is 10.4. The average molecular weight is 235 g/mol. The Bertz CT molecular complexity index is 359. The summed E-state index contributed by atoms with van der Waals surface area (Å²) in [6.45, 7) is 0.462. The second-order valence-electron chi connectivity index (χ2n) is 4.72. The summed E-state index contributed by atoms with van der Waals surface area (Å²) in [5.74, 6) is 6.76. The normalized spacial score (nSPS) is 17.1. The van der Waals surface area contributed by atoms with Crippen molar-refractivity contribution in [3.63, 3.8) is 0 Å². The van der Waals surface area contributed by atoms with Gasteiger partial charge in [0.05, 0.1) is 13.7 Å². The molecule has 1 aliphatic rings. The van der Waals surface area contributed by atoms with E-state index in [9.17, 15) is 0 Å². The molecule has 0 heterocycles. The molecule has 3 heteroatoms. The number of rotatable bonds is 4. The van der Waals surface area contributed by atoms with E-state index in [0.29, 0.717) is 12.5 Å². The Kier molecular flexibility index (Phi) is 4.40. The fraction of sp³-hybridized carbons (Fsp3) is 0.571. The van der Waals surface area contributed by atoms with Gasteiger partial charge in [0, 0.05) is 0 Å². The van der Waals surface area contributed by atoms with E-state index >= 15 is 0 Å². The van der Waals surface area contributed by atoms with Gasteiger partial charge in [-0.25, -0.2) is 5.90 Å². The van der Waals surface area contributed by atoms with Crippen LogP contribution in [-0.2, 0) is 11.4 Å². The van der Waals surface area contributed by atoms with Crippen LogP contribution in [0.1, 0.15) is 49.1 Å². The fourth-order valence-electron chi connectivity index (χ4n) is 2.70. The Morgan fingerprint density at radius 2 is 2.00 bits per heavy atom. The molecule has 0 aliphatic heterocycles. The first-order chi connectivity index (χ1) is 8.35. The standard InChI is InChI=1S/C14H21NO2/c1-16-14-8-7-11(10-17-15)9-13(14)12-5-3-2-4-6-12/h7-9,12H,2-6,10,15H2,1H3. The predicted molar refractivity (Wildman–Crippen MR) is 67.8 cm³/mol. The number of ether oxygens (including phenoxy) is 1. The van der Waals surface area contributed by atoms with Crippen LogP contribution in [0.2, 0.25) is 0 Å². The lowest BCUT2D eigenvalue weighted by Gasteiger charge is -2.24. The molecular weight excluding hydrogens is 214 g/mol. The minimum absolute atomic E-state index is 0.462. The van der Waals surface area contributed by atoms with E-state index in [2.05, 4.69) is 6.07 Å². The lowest BCUT2D eigenvalue weighted by Crippen LogP contribution is -2.07. The molecule has 0 radical (unpaired) electrons. The zero-order valence-electron chi connectivity index (χ0n) is 10.4. The van der Waals surface area contributed by atoms with Crippen LogP contribution in [0.25, 0.3) is 0 Å². The summed E-state index contributed by atoms with van der Waals surface area (Å²) < 4.78 is 5.46. The first-order valence-electron chi connectivity index (χ1n) is 6.33. The maximum atomic E-state index is 5.46. The molecule has 0 aromatic heterocycles. The molecule has 1 aliphatic carbocycles. The molecule has 1 aromatic rings. The van der Waals surface area contributed by atoms with Crippen LogP contribution in [0.4, 0.5) is 0 Å². The number of benzene rings is 1. The van der Waals surface area contributed by atoms with Crippen molar-refractivity contribution in [3.05, 3.63) is 29.3 Å². The van der Waals surface area contributed by atoms with Gasteiger partial charge in [-0.2, -0.15) is 0 Å². The summed E-state index contributed by atoms with van der Waals surface area (Å²) in [6.07, 6.45) is 6.55. The van der Waals surface area contributed by atoms with Crippen molar-refractivity contribution in [2.75, 3.05) is 7.11 Å². The third-order valence-electron chi connectivity index (χ3n) is 3.59. The van der Waals surface area contributed by atoms with Crippen LogP contribution in [0.5, 0.6) is 5.75 Å². The molecule has 2 rings (SSSR count). The van der Waals surface area contributed by atoms with Gasteiger partial charge in [-0.1, -0.05) is 25.3 Å². The highest BCUT2D eigenvalue weighted by molar-refractivity contribution is 5.39. The van der Waals surface area contributed by atoms with Crippen LogP contribution >= 0.6 is 0 Å². The first-order valence-corrected chi connectivity index (χ1v) is 6.33. The van der Waals surface area contributed by atoms with Crippen molar-refractivity contribution in [2.24, 2.45) is 5.90 Å². The third kappa shape index (κ3) is 2.99. The van der Waals surface area contributed by atoms with Crippen molar-refractivity contribution >= 4 is 0 Å². The van der Waals surface area contributed by atoms with Crippen molar-refractivity contribution in [1.82, 2.24) is 0 Å². The van der Waals surface area contributed by atoms with Gasteiger partial charge in [-0.3, -0.25) is 4.84 Å². The van der Waals surface area contributed by atoms with Crippen LogP contribution in [0, 0.1) is 0 Å². The van der Waals surface area contributed by atoms with E-state index in [1.807, 2.05) is 12.1 Å². The van der Waals surface area contributed by atoms with Gasteiger partial charge in [0.1, 0.15) is 5.75 Å². The van der Waals surface area contributed by atoms with E-state index in [4.69, 9.17) is 15.5 Å². The summed E-state index contributed by atoms with van der Waals surface area (Å²) in [7, 11) is 1.74. The Morgan fingerprint density at radius 1 is 1.24 bits per heavy atom. The largest absolute Gasteiger partial charge is 0.496 e. The van der Waals surface area contributed by atoms with Crippen LogP contribution < -0.4 is 10.6 Å². The van der Waals surface area contributed by atoms with Gasteiger partial charge in [-0.05, 0) is 42.0 Å². The monoisotopic (exact) mass is 235 g/mol. The average Bonchev–Trinajstić information content (AvgIpc) is 2.40. The quantitative estimate of drug-likeness (QED) is 0.815. The Labute approximate surface area is 103 Å². The maximum Gasteiger partial charge on any atom is 0.122 e. The highest BCUT2D eigenvalue weighted by Gasteiger charge is 2.19. The first kappa shape index (κ1) is 12.4. The van der Waals surface area contributed by atoms with E-state index in [1.165, 1.54) is 37.7 Å². The smallest absolute Gasteiger partial charge is 0.122 e. The molecule has 2 N–H and O–H groups in total. The van der Waals surface area contributed by atoms with Crippen LogP contribution in [0.3, 0.4) is 0 Å². The third-order valence-corrected chi connectivity index (χ3v) is 3.59. The number of nitrogens with two attached hydrogens (primary N) is 1. The second-order valence-corrected chi connectivity index (χ2v) is 4.72. The van der Waals surface area contributed by atoms with Crippen molar-refractivity contribution < 1.29 is 9.57 Å². The summed E-state index contributed by atoms with van der Waals surface area (Å²) in [5, 5.41) is 0. The molecule has 0 spiro atoms. The summed E-state index contributed by atoms with van der Waals surface area (Å²) in [5.41, 5.74) is 2.44. The van der Waals surface area contributed by atoms with E-state index in [-0.39, 0.29) is 0 Å². The highest BCUT2D eigenvalue weighted by Crippen LogP contribution is 2.37. The van der Waals surface area contributed by atoms with Gasteiger partial charge in [-0.15, -0.1) is 0 Å². The SMILES string of the molecule is COc1ccc(CON)cc1C1CCCCC1. The Morgan fingerprint density at radius 3 is 2.65 bits per heavy atom. The molecular formula is C14H21NO2. The van der Waals surface area contributed by atoms with Crippen LogP contribution in [0.15, 0.2) is 18.2 Å². The summed E-state index contributed by atoms with van der Waals surface area (Å²) in [4.78, 5) is 4.70. The molecule has 17 heavy (non-hydrogen) atoms. The van der Waals surface area contributed by atoms with Gasteiger partial charge in [0.15, 0.2) is 0 Å². The number of hydrogen-bond acceptors (Lipinski definition) is 3. The molecule has 0 saturated heterocycles. The molecule has 0 unspecified atom stereocenters. The predicted octanol–water partition coefficient (Wildman–Crippen LogP) is 3.13. The number of hydrogen-bond donors (Lipinski definition) is 1. The zero-order chi connectivity index (χ0) is 12.1. The van der Waals surface area contributed by atoms with Gasteiger partial charge < -0.3 is 4.74 Å². The lowest BCUT2D eigenvalue weighted by molar-refractivity contribution is 0.124. The van der Waals surface area contributed by atoms with Crippen molar-refractivity contribution in [1.29, 1.82) is 0 Å². The van der Waals surface area contributed by atoms with E-state index in [1.54, 1.807) is 7.11 Å². The summed E-state index contributed by atoms with van der Waals surface area (Å²) in [6, 6.07) is 6.22. The number of methoxy groups -OCH3 is 1. The Hall–Kier alpha value is -1.06. The minimum Gasteiger partial charge on any atom is -0.496 e. The summed E-state index contributed by atoms with van der Waals surface area (Å²) >= 11 is 0. The molecule has 0 bridgehead atoms. The minimum atomic E-state index is 0.462. The molecule has 0 amide bonds. The van der Waals surface area contributed by atoms with E-state index in [0.717, 1.165) is 11.3 Å². The highest BCUT2D eigenvalue weighted by atomic mass is 16.6. The molecule has 3 nitrogen and oxygen atoms in total. The van der Waals surface area contributed by atoms with Crippen molar-refractivity contribution in [3.8, 4) is 5.75 Å². The lowest BCUT2D eigenvalue weighted by atomic mass is 9.83. The fourth-order valence-corrected chi connectivity index (χ4v) is 2.70. The molecule has 0 atom stereocenters. The van der Waals surface area contributed by atoms with Crippen LogP contribution in [-0.4, -0.2) is 7.11 Å². The van der Waals surface area contributed by atoms with Gasteiger partial charge in [0.2, 0.25) is 0 Å².